The summed E-state index contributed by atoms with van der Waals surface area (Å²) in [7, 11) is 0. The zero-order chi connectivity index (χ0) is 16.1. The monoisotopic (exact) mass is 305 g/mol. The van der Waals surface area contributed by atoms with Gasteiger partial charge >= 0.3 is 0 Å². The zero-order valence-corrected chi connectivity index (χ0v) is 11.7. The number of rotatable bonds is 2. The smallest absolute Gasteiger partial charge is 0.228 e. The molecule has 22 heavy (non-hydrogen) atoms. The van der Waals surface area contributed by atoms with Gasteiger partial charge in [-0.1, -0.05) is 0 Å². The van der Waals surface area contributed by atoms with Crippen LogP contribution in [0.4, 0.5) is 5.82 Å². The molecule has 3 heterocycles. The standard InChI is InChI=1S/C13H15N5O4/c1-12(21)10(20)8(4-19)22-13(12,5-14)9-3-2-7-11(15)16-6-17-18(7)9/h2-3,6,8,10,19-21H,4H2,1H3,(H2,15,16,17)/t8?,10-,12-,13+/m1/s1. The molecule has 1 saturated heterocycles. The van der Waals surface area contributed by atoms with Crippen LogP contribution in [-0.4, -0.2) is 54.3 Å². The van der Waals surface area contributed by atoms with E-state index in [1.54, 1.807) is 6.07 Å². The highest BCUT2D eigenvalue weighted by molar-refractivity contribution is 5.66. The molecule has 0 radical (unpaired) electrons. The summed E-state index contributed by atoms with van der Waals surface area (Å²) in [5.41, 5.74) is 2.52. The molecule has 0 aliphatic carbocycles. The molecule has 2 aromatic rings. The second kappa shape index (κ2) is 4.62. The van der Waals surface area contributed by atoms with E-state index in [2.05, 4.69) is 10.1 Å². The molecule has 3 rings (SSSR count). The molecule has 0 amide bonds. The lowest BCUT2D eigenvalue weighted by molar-refractivity contribution is -0.109. The van der Waals surface area contributed by atoms with E-state index in [4.69, 9.17) is 10.5 Å². The second-order valence-electron chi connectivity index (χ2n) is 5.39. The van der Waals surface area contributed by atoms with Gasteiger partial charge < -0.3 is 25.8 Å². The van der Waals surface area contributed by atoms with Crippen LogP contribution in [0.2, 0.25) is 0 Å². The lowest BCUT2D eigenvalue weighted by atomic mass is 9.80. The SMILES string of the molecule is C[C@@]1(O)[C@H](O)C(CO)O[C@@]1(C#N)c1ccc2c(N)ncnn12. The van der Waals surface area contributed by atoms with E-state index < -0.39 is 30.0 Å². The molecule has 9 nitrogen and oxygen atoms in total. The third-order valence-corrected chi connectivity index (χ3v) is 4.15. The molecule has 0 aromatic carbocycles. The third kappa shape index (κ3) is 1.60. The Labute approximate surface area is 125 Å². The number of hydrogen-bond donors (Lipinski definition) is 4. The first-order valence-electron chi connectivity index (χ1n) is 6.58. The van der Waals surface area contributed by atoms with E-state index in [0.717, 1.165) is 0 Å². The summed E-state index contributed by atoms with van der Waals surface area (Å²) in [4.78, 5) is 3.85. The number of aromatic nitrogens is 3. The second-order valence-corrected chi connectivity index (χ2v) is 5.39. The Balaban J connectivity index is 2.27. The molecule has 5 N–H and O–H groups in total. The molecule has 1 aliphatic heterocycles. The van der Waals surface area contributed by atoms with Crippen molar-refractivity contribution >= 4 is 11.3 Å². The van der Waals surface area contributed by atoms with Gasteiger partial charge in [0.15, 0.2) is 5.82 Å². The van der Waals surface area contributed by atoms with Crippen molar-refractivity contribution in [2.75, 3.05) is 12.3 Å². The molecule has 2 aromatic heterocycles. The highest BCUT2D eigenvalue weighted by atomic mass is 16.6. The van der Waals surface area contributed by atoms with E-state index in [1.807, 2.05) is 6.07 Å². The maximum Gasteiger partial charge on any atom is 0.228 e. The van der Waals surface area contributed by atoms with Crippen LogP contribution < -0.4 is 5.73 Å². The predicted octanol–water partition coefficient (Wildman–Crippen LogP) is -1.47. The van der Waals surface area contributed by atoms with Crippen molar-refractivity contribution in [2.45, 2.75) is 30.3 Å². The number of aliphatic hydroxyl groups excluding tert-OH is 2. The first-order chi connectivity index (χ1) is 10.4. The number of ether oxygens (including phenoxy) is 1. The predicted molar refractivity (Wildman–Crippen MR) is 73.3 cm³/mol. The average Bonchev–Trinajstić information content (AvgIpc) is 3.01. The summed E-state index contributed by atoms with van der Waals surface area (Å²) in [6.07, 6.45) is -1.33. The van der Waals surface area contributed by atoms with Gasteiger partial charge in [-0.2, -0.15) is 10.4 Å². The lowest BCUT2D eigenvalue weighted by Crippen LogP contribution is -2.52. The van der Waals surface area contributed by atoms with Gasteiger partial charge in [0.25, 0.3) is 0 Å². The molecular formula is C13H15N5O4. The van der Waals surface area contributed by atoms with E-state index in [9.17, 15) is 20.6 Å². The average molecular weight is 305 g/mol. The van der Waals surface area contributed by atoms with Crippen molar-refractivity contribution in [3.05, 3.63) is 24.2 Å². The number of anilines is 1. The van der Waals surface area contributed by atoms with Crippen molar-refractivity contribution < 1.29 is 20.1 Å². The third-order valence-electron chi connectivity index (χ3n) is 4.15. The van der Waals surface area contributed by atoms with Crippen LogP contribution in [0, 0.1) is 11.3 Å². The Bertz CT molecular complexity index is 767. The van der Waals surface area contributed by atoms with Crippen molar-refractivity contribution in [1.29, 1.82) is 5.26 Å². The number of nitriles is 1. The topological polar surface area (TPSA) is 150 Å². The van der Waals surface area contributed by atoms with Crippen LogP contribution in [0.1, 0.15) is 12.6 Å². The summed E-state index contributed by atoms with van der Waals surface area (Å²) in [6.45, 7) is 0.738. The van der Waals surface area contributed by atoms with E-state index >= 15 is 0 Å². The summed E-state index contributed by atoms with van der Waals surface area (Å²) in [5, 5.41) is 43.8. The van der Waals surface area contributed by atoms with Crippen LogP contribution in [0.3, 0.4) is 0 Å². The maximum absolute atomic E-state index is 10.7. The molecule has 1 aliphatic rings. The molecule has 4 atom stereocenters. The number of aliphatic hydroxyl groups is 3. The van der Waals surface area contributed by atoms with Gasteiger partial charge in [0.2, 0.25) is 5.60 Å². The summed E-state index contributed by atoms with van der Waals surface area (Å²) in [6, 6.07) is 5.01. The largest absolute Gasteiger partial charge is 0.394 e. The number of fused-ring (bicyclic) bond motifs is 1. The lowest BCUT2D eigenvalue weighted by Gasteiger charge is -2.33. The van der Waals surface area contributed by atoms with Crippen LogP contribution in [0.25, 0.3) is 5.52 Å². The van der Waals surface area contributed by atoms with Gasteiger partial charge in [-0.25, -0.2) is 9.50 Å². The van der Waals surface area contributed by atoms with Gasteiger partial charge in [0.1, 0.15) is 35.7 Å². The van der Waals surface area contributed by atoms with E-state index in [0.29, 0.717) is 5.52 Å². The van der Waals surface area contributed by atoms with Crippen molar-refractivity contribution in [3.8, 4) is 6.07 Å². The van der Waals surface area contributed by atoms with E-state index in [1.165, 1.54) is 23.8 Å². The Hall–Kier alpha value is -2.25. The normalized spacial score (nSPS) is 34.9. The Morgan fingerprint density at radius 3 is 2.86 bits per heavy atom. The highest BCUT2D eigenvalue weighted by Gasteiger charge is 2.65. The van der Waals surface area contributed by atoms with Crippen molar-refractivity contribution in [3.63, 3.8) is 0 Å². The Morgan fingerprint density at radius 1 is 1.55 bits per heavy atom. The van der Waals surface area contributed by atoms with Gasteiger partial charge in [0.05, 0.1) is 12.3 Å². The number of hydrogen-bond acceptors (Lipinski definition) is 8. The number of nitrogen functional groups attached to an aromatic ring is 1. The fourth-order valence-electron chi connectivity index (χ4n) is 2.85. The Morgan fingerprint density at radius 2 is 2.27 bits per heavy atom. The summed E-state index contributed by atoms with van der Waals surface area (Å²) < 4.78 is 6.86. The fraction of sp³-hybridized carbons (Fsp3) is 0.462. The van der Waals surface area contributed by atoms with Gasteiger partial charge in [-0.3, -0.25) is 0 Å². The first kappa shape index (κ1) is 14.7. The maximum atomic E-state index is 10.7. The minimum Gasteiger partial charge on any atom is -0.394 e. The van der Waals surface area contributed by atoms with Gasteiger partial charge in [-0.15, -0.1) is 0 Å². The molecule has 0 bridgehead atoms. The van der Waals surface area contributed by atoms with Crippen LogP contribution in [0.15, 0.2) is 18.5 Å². The van der Waals surface area contributed by atoms with Gasteiger partial charge in [-0.05, 0) is 19.1 Å². The van der Waals surface area contributed by atoms with Crippen LogP contribution in [-0.2, 0) is 10.3 Å². The quantitative estimate of drug-likeness (QED) is 0.525. The highest BCUT2D eigenvalue weighted by Crippen LogP contribution is 2.47. The molecule has 0 saturated carbocycles. The van der Waals surface area contributed by atoms with Crippen molar-refractivity contribution in [2.24, 2.45) is 0 Å². The van der Waals surface area contributed by atoms with Crippen molar-refractivity contribution in [1.82, 2.24) is 14.6 Å². The summed E-state index contributed by atoms with van der Waals surface area (Å²) >= 11 is 0. The van der Waals surface area contributed by atoms with Gasteiger partial charge in [0, 0.05) is 0 Å². The molecular weight excluding hydrogens is 290 g/mol. The zero-order valence-electron chi connectivity index (χ0n) is 11.7. The number of nitrogens with two attached hydrogens (primary N) is 1. The minimum atomic E-state index is -1.96. The van der Waals surface area contributed by atoms with Crippen LogP contribution >= 0.6 is 0 Å². The Kier molecular flexibility index (Phi) is 3.08. The molecule has 1 unspecified atom stereocenters. The number of nitrogens with zero attached hydrogens (tertiary/aromatic N) is 4. The first-order valence-corrected chi connectivity index (χ1v) is 6.58. The minimum absolute atomic E-state index is 0.194. The van der Waals surface area contributed by atoms with Crippen LogP contribution in [0.5, 0.6) is 0 Å². The molecule has 0 spiro atoms. The summed E-state index contributed by atoms with van der Waals surface area (Å²) in [5.74, 6) is 0.200. The molecule has 1 fully saturated rings. The molecule has 9 heteroatoms. The fourth-order valence-corrected chi connectivity index (χ4v) is 2.85. The van der Waals surface area contributed by atoms with E-state index in [-0.39, 0.29) is 11.5 Å². The molecule has 116 valence electrons.